The summed E-state index contributed by atoms with van der Waals surface area (Å²) in [5.41, 5.74) is 1.71. The number of carbonyl (C=O) groups is 1. The van der Waals surface area contributed by atoms with Gasteiger partial charge < -0.3 is 9.47 Å². The summed E-state index contributed by atoms with van der Waals surface area (Å²) in [5.74, 6) is 0.563. The van der Waals surface area contributed by atoms with Crippen molar-refractivity contribution in [3.05, 3.63) is 46.1 Å². The predicted molar refractivity (Wildman–Crippen MR) is 120 cm³/mol. The van der Waals surface area contributed by atoms with Crippen molar-refractivity contribution in [2.45, 2.75) is 6.42 Å². The van der Waals surface area contributed by atoms with Crippen LogP contribution in [0.4, 0.5) is 5.13 Å². The zero-order chi connectivity index (χ0) is 20.8. The van der Waals surface area contributed by atoms with Gasteiger partial charge in [0.1, 0.15) is 0 Å². The lowest BCUT2D eigenvalue weighted by atomic mass is 10.2. The zero-order valence-electron chi connectivity index (χ0n) is 16.8. The fourth-order valence-corrected chi connectivity index (χ4v) is 4.80. The standard InChI is InChI=1S/C21H24N4O3S2/c1-27-19-6-5-16(14-22-19)17-15-30-21(23-17)25(20(26)18-4-2-13-29-18)8-3-7-24-9-11-28-12-10-24/h2,4-6,13-15H,3,7-12H2,1H3. The van der Waals surface area contributed by atoms with Crippen molar-refractivity contribution in [2.75, 3.05) is 51.4 Å². The number of pyridine rings is 1. The minimum Gasteiger partial charge on any atom is -0.481 e. The van der Waals surface area contributed by atoms with Crippen LogP contribution >= 0.6 is 22.7 Å². The Bertz CT molecular complexity index is 938. The lowest BCUT2D eigenvalue weighted by Gasteiger charge is -2.27. The Labute approximate surface area is 183 Å². The number of aromatic nitrogens is 2. The fourth-order valence-electron chi connectivity index (χ4n) is 3.27. The van der Waals surface area contributed by atoms with Crippen LogP contribution in [0, 0.1) is 0 Å². The fraction of sp³-hybridized carbons (Fsp3) is 0.381. The molecule has 1 saturated heterocycles. The lowest BCUT2D eigenvalue weighted by Crippen LogP contribution is -2.39. The minimum atomic E-state index is 0.000679. The van der Waals surface area contributed by atoms with E-state index in [-0.39, 0.29) is 5.91 Å². The van der Waals surface area contributed by atoms with E-state index in [4.69, 9.17) is 14.5 Å². The van der Waals surface area contributed by atoms with Crippen LogP contribution in [0.2, 0.25) is 0 Å². The Morgan fingerprint density at radius 1 is 1.27 bits per heavy atom. The minimum absolute atomic E-state index is 0.000679. The van der Waals surface area contributed by atoms with Crippen molar-refractivity contribution < 1.29 is 14.3 Å². The van der Waals surface area contributed by atoms with Crippen molar-refractivity contribution in [2.24, 2.45) is 0 Å². The highest BCUT2D eigenvalue weighted by molar-refractivity contribution is 7.14. The van der Waals surface area contributed by atoms with E-state index in [9.17, 15) is 4.79 Å². The van der Waals surface area contributed by atoms with Gasteiger partial charge >= 0.3 is 0 Å². The quantitative estimate of drug-likeness (QED) is 0.528. The van der Waals surface area contributed by atoms with Gasteiger partial charge in [-0.05, 0) is 23.9 Å². The van der Waals surface area contributed by atoms with Crippen molar-refractivity contribution in [1.29, 1.82) is 0 Å². The molecule has 0 N–H and O–H groups in total. The molecule has 158 valence electrons. The smallest absolute Gasteiger partial charge is 0.270 e. The van der Waals surface area contributed by atoms with Crippen LogP contribution in [0.3, 0.4) is 0 Å². The highest BCUT2D eigenvalue weighted by Crippen LogP contribution is 2.29. The number of rotatable bonds is 8. The maximum atomic E-state index is 13.2. The molecule has 0 radical (unpaired) electrons. The van der Waals surface area contributed by atoms with Crippen molar-refractivity contribution in [1.82, 2.24) is 14.9 Å². The Balaban J connectivity index is 1.49. The summed E-state index contributed by atoms with van der Waals surface area (Å²) < 4.78 is 10.5. The molecule has 1 amide bonds. The van der Waals surface area contributed by atoms with Crippen LogP contribution in [0.1, 0.15) is 16.1 Å². The number of anilines is 1. The normalized spacial score (nSPS) is 14.6. The molecular formula is C21H24N4O3S2. The first-order valence-electron chi connectivity index (χ1n) is 9.86. The molecule has 1 fully saturated rings. The van der Waals surface area contributed by atoms with Crippen LogP contribution in [-0.4, -0.2) is 67.3 Å². The summed E-state index contributed by atoms with van der Waals surface area (Å²) in [5, 5.41) is 4.60. The molecule has 9 heteroatoms. The van der Waals surface area contributed by atoms with Gasteiger partial charge in [0.2, 0.25) is 5.88 Å². The average Bonchev–Trinajstić information content (AvgIpc) is 3.50. The van der Waals surface area contributed by atoms with Crippen molar-refractivity contribution in [3.8, 4) is 17.1 Å². The van der Waals surface area contributed by atoms with Gasteiger partial charge in [0, 0.05) is 49.4 Å². The SMILES string of the molecule is COc1ccc(-c2csc(N(CCCN3CCOCC3)C(=O)c3cccs3)n2)cn1. The van der Waals surface area contributed by atoms with E-state index in [1.807, 2.05) is 35.0 Å². The number of hydrogen-bond acceptors (Lipinski definition) is 8. The van der Waals surface area contributed by atoms with Gasteiger partial charge in [0.05, 0.1) is 30.9 Å². The van der Waals surface area contributed by atoms with Crippen LogP contribution in [0.5, 0.6) is 5.88 Å². The van der Waals surface area contributed by atoms with Gasteiger partial charge in [-0.25, -0.2) is 9.97 Å². The molecule has 0 aliphatic carbocycles. The molecule has 0 saturated carbocycles. The second kappa shape index (κ2) is 10.1. The van der Waals surface area contributed by atoms with E-state index in [0.717, 1.165) is 55.4 Å². The number of nitrogens with zero attached hydrogens (tertiary/aromatic N) is 4. The van der Waals surface area contributed by atoms with Crippen LogP contribution in [0.15, 0.2) is 41.2 Å². The molecule has 0 unspecified atom stereocenters. The van der Waals surface area contributed by atoms with E-state index >= 15 is 0 Å². The first-order chi connectivity index (χ1) is 14.7. The first kappa shape index (κ1) is 20.9. The summed E-state index contributed by atoms with van der Waals surface area (Å²) in [7, 11) is 1.59. The van der Waals surface area contributed by atoms with Gasteiger partial charge in [0.15, 0.2) is 5.13 Å². The number of thiophene rings is 1. The highest BCUT2D eigenvalue weighted by Gasteiger charge is 2.22. The van der Waals surface area contributed by atoms with Gasteiger partial charge in [-0.1, -0.05) is 6.07 Å². The molecule has 30 heavy (non-hydrogen) atoms. The van der Waals surface area contributed by atoms with Gasteiger partial charge in [-0.15, -0.1) is 22.7 Å². The molecule has 1 aliphatic rings. The largest absolute Gasteiger partial charge is 0.481 e. The third-order valence-electron chi connectivity index (χ3n) is 4.90. The maximum absolute atomic E-state index is 13.2. The number of amides is 1. The first-order valence-corrected chi connectivity index (χ1v) is 11.6. The van der Waals surface area contributed by atoms with Crippen LogP contribution in [0.25, 0.3) is 11.3 Å². The van der Waals surface area contributed by atoms with Gasteiger partial charge in [-0.2, -0.15) is 0 Å². The molecule has 0 spiro atoms. The maximum Gasteiger partial charge on any atom is 0.270 e. The van der Waals surface area contributed by atoms with E-state index in [1.54, 1.807) is 18.2 Å². The third kappa shape index (κ3) is 5.04. The van der Waals surface area contributed by atoms with E-state index in [0.29, 0.717) is 17.6 Å². The highest BCUT2D eigenvalue weighted by atomic mass is 32.1. The molecule has 3 aromatic rings. The lowest BCUT2D eigenvalue weighted by molar-refractivity contribution is 0.0376. The Hall–Kier alpha value is -2.33. The zero-order valence-corrected chi connectivity index (χ0v) is 18.5. The summed E-state index contributed by atoms with van der Waals surface area (Å²) in [6.07, 6.45) is 2.62. The molecule has 0 aromatic carbocycles. The molecule has 3 aromatic heterocycles. The molecular weight excluding hydrogens is 420 g/mol. The molecule has 4 heterocycles. The summed E-state index contributed by atoms with van der Waals surface area (Å²) in [4.78, 5) is 27.1. The van der Waals surface area contributed by atoms with Crippen molar-refractivity contribution >= 4 is 33.7 Å². The number of hydrogen-bond donors (Lipinski definition) is 0. The summed E-state index contributed by atoms with van der Waals surface area (Å²) in [6, 6.07) is 7.50. The Morgan fingerprint density at radius 3 is 2.83 bits per heavy atom. The van der Waals surface area contributed by atoms with Crippen LogP contribution in [-0.2, 0) is 4.74 Å². The van der Waals surface area contributed by atoms with E-state index in [2.05, 4.69) is 9.88 Å². The molecule has 0 atom stereocenters. The Kier molecular flexibility index (Phi) is 7.06. The number of morpholine rings is 1. The second-order valence-corrected chi connectivity index (χ2v) is 8.63. The van der Waals surface area contributed by atoms with E-state index in [1.165, 1.54) is 22.7 Å². The van der Waals surface area contributed by atoms with E-state index < -0.39 is 0 Å². The number of ether oxygens (including phenoxy) is 2. The Morgan fingerprint density at radius 2 is 2.13 bits per heavy atom. The summed E-state index contributed by atoms with van der Waals surface area (Å²) >= 11 is 2.94. The van der Waals surface area contributed by atoms with Gasteiger partial charge in [-0.3, -0.25) is 14.6 Å². The number of carbonyl (C=O) groups excluding carboxylic acids is 1. The predicted octanol–water partition coefficient (Wildman–Crippen LogP) is 3.64. The second-order valence-electron chi connectivity index (χ2n) is 6.85. The van der Waals surface area contributed by atoms with Crippen molar-refractivity contribution in [3.63, 3.8) is 0 Å². The topological polar surface area (TPSA) is 67.8 Å². The molecule has 4 rings (SSSR count). The third-order valence-corrected chi connectivity index (χ3v) is 6.62. The molecule has 7 nitrogen and oxygen atoms in total. The average molecular weight is 445 g/mol. The molecule has 0 bridgehead atoms. The van der Waals surface area contributed by atoms with Crippen LogP contribution < -0.4 is 9.64 Å². The van der Waals surface area contributed by atoms with Gasteiger partial charge in [0.25, 0.3) is 5.91 Å². The molecule has 1 aliphatic heterocycles. The summed E-state index contributed by atoms with van der Waals surface area (Å²) in [6.45, 7) is 5.03. The number of methoxy groups -OCH3 is 1. The monoisotopic (exact) mass is 444 g/mol. The number of thiazole rings is 1.